The van der Waals surface area contributed by atoms with Crippen molar-refractivity contribution in [3.63, 3.8) is 0 Å². The predicted molar refractivity (Wildman–Crippen MR) is 94.5 cm³/mol. The number of nitrogens with zero attached hydrogens (tertiary/aromatic N) is 1. The number of anilines is 1. The molecule has 24 heavy (non-hydrogen) atoms. The Morgan fingerprint density at radius 2 is 2.25 bits per heavy atom. The summed E-state index contributed by atoms with van der Waals surface area (Å²) < 4.78 is 11.1. The van der Waals surface area contributed by atoms with Crippen molar-refractivity contribution in [2.75, 3.05) is 32.1 Å². The number of hydrogen-bond donors (Lipinski definition) is 1. The summed E-state index contributed by atoms with van der Waals surface area (Å²) in [6, 6.07) is 5.80. The van der Waals surface area contributed by atoms with E-state index in [4.69, 9.17) is 9.47 Å². The summed E-state index contributed by atoms with van der Waals surface area (Å²) in [5.41, 5.74) is 1.86. The van der Waals surface area contributed by atoms with Crippen molar-refractivity contribution in [2.45, 2.75) is 51.2 Å². The molecular formula is C19H28N2O3. The number of carbonyl (C=O) groups excluding carboxylic acids is 1. The van der Waals surface area contributed by atoms with Crippen LogP contribution >= 0.6 is 0 Å². The van der Waals surface area contributed by atoms with Crippen LogP contribution in [0.2, 0.25) is 0 Å². The van der Waals surface area contributed by atoms with Crippen LogP contribution in [0.15, 0.2) is 18.2 Å². The van der Waals surface area contributed by atoms with Gasteiger partial charge in [0.05, 0.1) is 24.9 Å². The van der Waals surface area contributed by atoms with Gasteiger partial charge in [0.1, 0.15) is 5.75 Å². The maximum absolute atomic E-state index is 12.8. The van der Waals surface area contributed by atoms with Crippen LogP contribution in [0.1, 0.15) is 37.7 Å². The lowest BCUT2D eigenvalue weighted by Gasteiger charge is -2.25. The van der Waals surface area contributed by atoms with Gasteiger partial charge in [0, 0.05) is 13.2 Å². The molecule has 5 nitrogen and oxygen atoms in total. The summed E-state index contributed by atoms with van der Waals surface area (Å²) in [6.45, 7) is 4.84. The zero-order valence-corrected chi connectivity index (χ0v) is 14.7. The van der Waals surface area contributed by atoms with E-state index in [1.807, 2.05) is 25.1 Å². The fourth-order valence-electron chi connectivity index (χ4n) is 3.71. The van der Waals surface area contributed by atoms with Gasteiger partial charge in [0.25, 0.3) is 0 Å². The van der Waals surface area contributed by atoms with Crippen molar-refractivity contribution in [1.82, 2.24) is 4.90 Å². The standard InChI is InChI=1S/C19H28N2O3/c1-14-7-8-18(23-2)16(13-14)20-19(22)17-6-3-10-21(17)11-9-15-5-4-12-24-15/h7-8,13,15,17H,3-6,9-12H2,1-2H3,(H,20,22)/t15-,17+/m0/s1. The fraction of sp³-hybridized carbons (Fsp3) is 0.632. The molecule has 1 aromatic rings. The van der Waals surface area contributed by atoms with E-state index in [1.54, 1.807) is 7.11 Å². The van der Waals surface area contributed by atoms with Crippen molar-refractivity contribution < 1.29 is 14.3 Å². The smallest absolute Gasteiger partial charge is 0.241 e. The number of likely N-dealkylation sites (tertiary alicyclic amines) is 1. The van der Waals surface area contributed by atoms with E-state index in [-0.39, 0.29) is 11.9 Å². The fourth-order valence-corrected chi connectivity index (χ4v) is 3.71. The van der Waals surface area contributed by atoms with Crippen molar-refractivity contribution >= 4 is 11.6 Å². The molecule has 1 amide bonds. The maximum Gasteiger partial charge on any atom is 0.241 e. The molecule has 2 saturated heterocycles. The summed E-state index contributed by atoms with van der Waals surface area (Å²) in [6.07, 6.45) is 5.73. The number of ether oxygens (including phenoxy) is 2. The van der Waals surface area contributed by atoms with Gasteiger partial charge in [-0.25, -0.2) is 0 Å². The van der Waals surface area contributed by atoms with E-state index >= 15 is 0 Å². The second-order valence-corrected chi connectivity index (χ2v) is 6.81. The Kier molecular flexibility index (Phi) is 5.74. The summed E-state index contributed by atoms with van der Waals surface area (Å²) in [7, 11) is 1.63. The third-order valence-electron chi connectivity index (χ3n) is 5.04. The normalized spacial score (nSPS) is 24.2. The van der Waals surface area contributed by atoms with Gasteiger partial charge in [-0.05, 0) is 63.3 Å². The van der Waals surface area contributed by atoms with E-state index in [0.717, 1.165) is 56.6 Å². The number of nitrogens with one attached hydrogen (secondary N) is 1. The zero-order valence-electron chi connectivity index (χ0n) is 14.7. The van der Waals surface area contributed by atoms with Crippen LogP contribution in [0, 0.1) is 6.92 Å². The minimum absolute atomic E-state index is 0.0448. The van der Waals surface area contributed by atoms with Gasteiger partial charge in [-0.3, -0.25) is 9.69 Å². The van der Waals surface area contributed by atoms with E-state index in [9.17, 15) is 4.79 Å². The Morgan fingerprint density at radius 3 is 3.00 bits per heavy atom. The van der Waals surface area contributed by atoms with Crippen molar-refractivity contribution in [3.8, 4) is 5.75 Å². The van der Waals surface area contributed by atoms with Gasteiger partial charge in [0.15, 0.2) is 0 Å². The third kappa shape index (κ3) is 4.08. The monoisotopic (exact) mass is 332 g/mol. The molecule has 0 aromatic heterocycles. The molecule has 1 aromatic carbocycles. The van der Waals surface area contributed by atoms with Crippen molar-refractivity contribution in [1.29, 1.82) is 0 Å². The van der Waals surface area contributed by atoms with Crippen LogP contribution < -0.4 is 10.1 Å². The van der Waals surface area contributed by atoms with Crippen LogP contribution in [-0.4, -0.2) is 49.8 Å². The summed E-state index contributed by atoms with van der Waals surface area (Å²) >= 11 is 0. The largest absolute Gasteiger partial charge is 0.495 e. The van der Waals surface area contributed by atoms with E-state index < -0.39 is 0 Å². The quantitative estimate of drug-likeness (QED) is 0.870. The summed E-state index contributed by atoms with van der Waals surface area (Å²) in [4.78, 5) is 15.1. The number of carbonyl (C=O) groups is 1. The van der Waals surface area contributed by atoms with E-state index in [1.165, 1.54) is 6.42 Å². The number of rotatable bonds is 6. The molecule has 2 aliphatic rings. The molecular weight excluding hydrogens is 304 g/mol. The van der Waals surface area contributed by atoms with Crippen LogP contribution in [0.3, 0.4) is 0 Å². The topological polar surface area (TPSA) is 50.8 Å². The lowest BCUT2D eigenvalue weighted by Crippen LogP contribution is -2.40. The van der Waals surface area contributed by atoms with Gasteiger partial charge in [-0.2, -0.15) is 0 Å². The van der Waals surface area contributed by atoms with Crippen molar-refractivity contribution in [2.24, 2.45) is 0 Å². The number of aryl methyl sites for hydroxylation is 1. The van der Waals surface area contributed by atoms with Crippen LogP contribution in [0.4, 0.5) is 5.69 Å². The first-order valence-corrected chi connectivity index (χ1v) is 8.98. The van der Waals surface area contributed by atoms with E-state index in [2.05, 4.69) is 10.2 Å². The average Bonchev–Trinajstić information content (AvgIpc) is 3.24. The highest BCUT2D eigenvalue weighted by Crippen LogP contribution is 2.27. The number of methoxy groups -OCH3 is 1. The molecule has 2 aliphatic heterocycles. The third-order valence-corrected chi connectivity index (χ3v) is 5.04. The minimum atomic E-state index is -0.0448. The highest BCUT2D eigenvalue weighted by Gasteiger charge is 2.31. The first-order valence-electron chi connectivity index (χ1n) is 8.98. The van der Waals surface area contributed by atoms with Crippen LogP contribution in [-0.2, 0) is 9.53 Å². The average molecular weight is 332 g/mol. The second kappa shape index (κ2) is 7.99. The molecule has 0 spiro atoms. The first-order chi connectivity index (χ1) is 11.7. The summed E-state index contributed by atoms with van der Waals surface area (Å²) in [5.74, 6) is 0.779. The zero-order chi connectivity index (χ0) is 16.9. The Morgan fingerprint density at radius 1 is 1.38 bits per heavy atom. The van der Waals surface area contributed by atoms with Crippen LogP contribution in [0.25, 0.3) is 0 Å². The molecule has 0 unspecified atom stereocenters. The molecule has 3 rings (SSSR count). The minimum Gasteiger partial charge on any atom is -0.495 e. The number of hydrogen-bond acceptors (Lipinski definition) is 4. The van der Waals surface area contributed by atoms with Gasteiger partial charge >= 0.3 is 0 Å². The Balaban J connectivity index is 1.59. The maximum atomic E-state index is 12.8. The molecule has 5 heteroatoms. The van der Waals surface area contributed by atoms with Crippen molar-refractivity contribution in [3.05, 3.63) is 23.8 Å². The molecule has 2 atom stereocenters. The first kappa shape index (κ1) is 17.2. The van der Waals surface area contributed by atoms with Gasteiger partial charge in [-0.15, -0.1) is 0 Å². The Bertz CT molecular complexity index is 570. The molecule has 2 heterocycles. The molecule has 0 bridgehead atoms. The number of amides is 1. The van der Waals surface area contributed by atoms with Gasteiger partial charge in [-0.1, -0.05) is 6.07 Å². The summed E-state index contributed by atoms with van der Waals surface area (Å²) in [5, 5.41) is 3.07. The second-order valence-electron chi connectivity index (χ2n) is 6.81. The SMILES string of the molecule is COc1ccc(C)cc1NC(=O)[C@H]1CCCN1CC[C@@H]1CCCO1. The number of benzene rings is 1. The highest BCUT2D eigenvalue weighted by molar-refractivity contribution is 5.96. The van der Waals surface area contributed by atoms with Gasteiger partial charge in [0.2, 0.25) is 5.91 Å². The highest BCUT2D eigenvalue weighted by atomic mass is 16.5. The molecule has 2 fully saturated rings. The lowest BCUT2D eigenvalue weighted by atomic mass is 10.1. The van der Waals surface area contributed by atoms with Crippen LogP contribution in [0.5, 0.6) is 5.75 Å². The van der Waals surface area contributed by atoms with Gasteiger partial charge < -0.3 is 14.8 Å². The molecule has 0 saturated carbocycles. The Labute approximate surface area is 144 Å². The molecule has 1 N–H and O–H groups in total. The predicted octanol–water partition coefficient (Wildman–Crippen LogP) is 2.98. The molecule has 132 valence electrons. The molecule has 0 aliphatic carbocycles. The van der Waals surface area contributed by atoms with E-state index in [0.29, 0.717) is 11.9 Å². The molecule has 0 radical (unpaired) electrons. The Hall–Kier alpha value is -1.59. The lowest BCUT2D eigenvalue weighted by molar-refractivity contribution is -0.120.